The summed E-state index contributed by atoms with van der Waals surface area (Å²) in [5, 5.41) is 1.56. The van der Waals surface area contributed by atoms with Crippen molar-refractivity contribution in [2.45, 2.75) is 37.7 Å². The Morgan fingerprint density at radius 1 is 1.53 bits per heavy atom. The van der Waals surface area contributed by atoms with E-state index in [1.165, 1.54) is 6.92 Å². The van der Waals surface area contributed by atoms with Crippen LogP contribution in [0.15, 0.2) is 0 Å². The number of alkyl halides is 1. The number of ether oxygens (including phenoxy) is 1. The van der Waals surface area contributed by atoms with Crippen LogP contribution in [0.2, 0.25) is 0 Å². The number of hydrogen-bond donors (Lipinski definition) is 1. The first kappa shape index (κ1) is 14.3. The van der Waals surface area contributed by atoms with Gasteiger partial charge in [-0.1, -0.05) is 0 Å². The molecule has 0 radical (unpaired) electrons. The Morgan fingerprint density at radius 3 is 2.71 bits per heavy atom. The smallest absolute Gasteiger partial charge is 0.324 e. The summed E-state index contributed by atoms with van der Waals surface area (Å²) in [5.41, 5.74) is -0.328. The van der Waals surface area contributed by atoms with E-state index in [4.69, 9.17) is 16.3 Å². The van der Waals surface area contributed by atoms with Crippen molar-refractivity contribution in [1.82, 2.24) is 10.2 Å². The zero-order valence-electron chi connectivity index (χ0n) is 10.5. The van der Waals surface area contributed by atoms with Crippen molar-refractivity contribution < 1.29 is 14.3 Å². The maximum absolute atomic E-state index is 11.8. The molecule has 0 bridgehead atoms. The molecule has 2 unspecified atom stereocenters. The molecule has 98 valence electrons. The van der Waals surface area contributed by atoms with Gasteiger partial charge in [-0.25, -0.2) is 4.79 Å². The van der Waals surface area contributed by atoms with Gasteiger partial charge in [0, 0.05) is 13.7 Å². The van der Waals surface area contributed by atoms with Crippen LogP contribution in [0, 0.1) is 0 Å². The number of amides is 3. The normalized spacial score (nSPS) is 26.5. The van der Waals surface area contributed by atoms with Gasteiger partial charge in [-0.2, -0.15) is 0 Å². The highest BCUT2D eigenvalue weighted by atomic mass is 35.5. The van der Waals surface area contributed by atoms with E-state index in [0.717, 1.165) is 12.8 Å². The van der Waals surface area contributed by atoms with Crippen LogP contribution >= 0.6 is 11.6 Å². The van der Waals surface area contributed by atoms with Gasteiger partial charge in [0.1, 0.15) is 5.38 Å². The van der Waals surface area contributed by atoms with Gasteiger partial charge < -0.3 is 9.64 Å². The summed E-state index contributed by atoms with van der Waals surface area (Å²) in [7, 11) is 1.63. The SMILES string of the molecule is COC1(C)CCCN(C(=O)NC(=O)C(C)Cl)C1. The summed E-state index contributed by atoms with van der Waals surface area (Å²) in [5.74, 6) is -0.471. The van der Waals surface area contributed by atoms with Crippen LogP contribution in [-0.2, 0) is 9.53 Å². The van der Waals surface area contributed by atoms with E-state index >= 15 is 0 Å². The van der Waals surface area contributed by atoms with E-state index in [2.05, 4.69) is 5.32 Å². The highest BCUT2D eigenvalue weighted by Crippen LogP contribution is 2.23. The van der Waals surface area contributed by atoms with Crippen LogP contribution in [0.25, 0.3) is 0 Å². The largest absolute Gasteiger partial charge is 0.377 e. The number of methoxy groups -OCH3 is 1. The molecule has 2 atom stereocenters. The highest BCUT2D eigenvalue weighted by molar-refractivity contribution is 6.31. The Morgan fingerprint density at radius 2 is 2.18 bits per heavy atom. The number of hydrogen-bond acceptors (Lipinski definition) is 3. The molecule has 0 aromatic heterocycles. The van der Waals surface area contributed by atoms with E-state index in [1.54, 1.807) is 12.0 Å². The summed E-state index contributed by atoms with van der Waals surface area (Å²) in [6.45, 7) is 4.60. The zero-order valence-corrected chi connectivity index (χ0v) is 11.2. The standard InChI is InChI=1S/C11H19ClN2O3/c1-8(12)9(15)13-10(16)14-6-4-5-11(2,7-14)17-3/h8H,4-7H2,1-3H3,(H,13,15,16). The molecule has 3 amide bonds. The number of nitrogens with zero attached hydrogens (tertiary/aromatic N) is 1. The Labute approximate surface area is 106 Å². The van der Waals surface area contributed by atoms with E-state index in [9.17, 15) is 9.59 Å². The highest BCUT2D eigenvalue weighted by Gasteiger charge is 2.33. The molecule has 5 nitrogen and oxygen atoms in total. The first-order chi connectivity index (χ1) is 7.88. The summed E-state index contributed by atoms with van der Waals surface area (Å²) < 4.78 is 5.38. The Hall–Kier alpha value is -0.810. The fraction of sp³-hybridized carbons (Fsp3) is 0.818. The monoisotopic (exact) mass is 262 g/mol. The van der Waals surface area contributed by atoms with Crippen LogP contribution in [0.3, 0.4) is 0 Å². The van der Waals surface area contributed by atoms with Crippen molar-refractivity contribution in [3.8, 4) is 0 Å². The summed E-state index contributed by atoms with van der Waals surface area (Å²) >= 11 is 5.59. The quantitative estimate of drug-likeness (QED) is 0.765. The molecule has 0 spiro atoms. The lowest BCUT2D eigenvalue weighted by molar-refractivity contribution is -0.119. The van der Waals surface area contributed by atoms with Gasteiger partial charge in [0.05, 0.1) is 12.1 Å². The van der Waals surface area contributed by atoms with Gasteiger partial charge in [0.2, 0.25) is 5.91 Å². The molecule has 1 N–H and O–H groups in total. The van der Waals surface area contributed by atoms with Gasteiger partial charge >= 0.3 is 6.03 Å². The molecule has 0 aromatic rings. The van der Waals surface area contributed by atoms with Crippen molar-refractivity contribution in [3.05, 3.63) is 0 Å². The lowest BCUT2D eigenvalue weighted by Crippen LogP contribution is -2.54. The lowest BCUT2D eigenvalue weighted by atomic mass is 9.95. The molecular weight excluding hydrogens is 244 g/mol. The van der Waals surface area contributed by atoms with Crippen molar-refractivity contribution in [2.75, 3.05) is 20.2 Å². The second kappa shape index (κ2) is 5.69. The molecule has 0 saturated carbocycles. The lowest BCUT2D eigenvalue weighted by Gasteiger charge is -2.39. The molecule has 0 aliphatic carbocycles. The number of carbonyl (C=O) groups is 2. The summed E-state index contributed by atoms with van der Waals surface area (Å²) in [6, 6.07) is -0.398. The maximum atomic E-state index is 11.8. The third kappa shape index (κ3) is 3.85. The van der Waals surface area contributed by atoms with Crippen molar-refractivity contribution >= 4 is 23.5 Å². The van der Waals surface area contributed by atoms with Gasteiger partial charge in [0.15, 0.2) is 0 Å². The van der Waals surface area contributed by atoms with Crippen LogP contribution in [0.5, 0.6) is 0 Å². The van der Waals surface area contributed by atoms with Crippen LogP contribution in [0.4, 0.5) is 4.79 Å². The van der Waals surface area contributed by atoms with Crippen molar-refractivity contribution in [3.63, 3.8) is 0 Å². The number of carbonyl (C=O) groups excluding carboxylic acids is 2. The van der Waals surface area contributed by atoms with E-state index in [0.29, 0.717) is 13.1 Å². The third-order valence-corrected chi connectivity index (χ3v) is 3.23. The predicted molar refractivity (Wildman–Crippen MR) is 65.1 cm³/mol. The number of nitrogens with one attached hydrogen (secondary N) is 1. The number of likely N-dealkylation sites (tertiary alicyclic amines) is 1. The molecule has 1 saturated heterocycles. The molecular formula is C11H19ClN2O3. The minimum absolute atomic E-state index is 0.328. The first-order valence-corrected chi connectivity index (χ1v) is 6.10. The first-order valence-electron chi connectivity index (χ1n) is 5.67. The van der Waals surface area contributed by atoms with Crippen LogP contribution in [0.1, 0.15) is 26.7 Å². The number of halogens is 1. The van der Waals surface area contributed by atoms with Gasteiger partial charge in [-0.3, -0.25) is 10.1 Å². The van der Waals surface area contributed by atoms with Crippen LogP contribution < -0.4 is 5.32 Å². The third-order valence-electron chi connectivity index (χ3n) is 3.03. The zero-order chi connectivity index (χ0) is 13.1. The van der Waals surface area contributed by atoms with E-state index in [1.807, 2.05) is 6.92 Å². The molecule has 1 aliphatic rings. The van der Waals surface area contributed by atoms with Crippen LogP contribution in [-0.4, -0.2) is 48.0 Å². The predicted octanol–water partition coefficient (Wildman–Crippen LogP) is 1.35. The second-order valence-electron chi connectivity index (χ2n) is 4.59. The number of rotatable bonds is 2. The van der Waals surface area contributed by atoms with Gasteiger partial charge in [-0.15, -0.1) is 11.6 Å². The fourth-order valence-corrected chi connectivity index (χ4v) is 1.88. The molecule has 6 heteroatoms. The fourth-order valence-electron chi connectivity index (χ4n) is 1.83. The van der Waals surface area contributed by atoms with E-state index in [-0.39, 0.29) is 5.60 Å². The van der Waals surface area contributed by atoms with E-state index < -0.39 is 17.3 Å². The summed E-state index contributed by atoms with van der Waals surface area (Å²) in [4.78, 5) is 24.7. The average Bonchev–Trinajstić information content (AvgIpc) is 2.29. The molecule has 1 fully saturated rings. The van der Waals surface area contributed by atoms with Gasteiger partial charge in [0.25, 0.3) is 0 Å². The number of piperidine rings is 1. The molecule has 0 aromatic carbocycles. The second-order valence-corrected chi connectivity index (χ2v) is 5.24. The minimum Gasteiger partial charge on any atom is -0.377 e. The topological polar surface area (TPSA) is 58.6 Å². The van der Waals surface area contributed by atoms with Crippen molar-refractivity contribution in [1.29, 1.82) is 0 Å². The maximum Gasteiger partial charge on any atom is 0.324 e. The number of urea groups is 1. The Bertz CT molecular complexity index is 309. The Kier molecular flexibility index (Phi) is 4.77. The Balaban J connectivity index is 2.55. The molecule has 1 aliphatic heterocycles. The molecule has 1 heterocycles. The molecule has 1 rings (SSSR count). The summed E-state index contributed by atoms with van der Waals surface area (Å²) in [6.07, 6.45) is 1.77. The number of imide groups is 1. The van der Waals surface area contributed by atoms with Gasteiger partial charge in [-0.05, 0) is 26.7 Å². The minimum atomic E-state index is -0.711. The molecule has 17 heavy (non-hydrogen) atoms. The van der Waals surface area contributed by atoms with Crippen molar-refractivity contribution in [2.24, 2.45) is 0 Å². The average molecular weight is 263 g/mol.